The maximum atomic E-state index is 5.90. The van der Waals surface area contributed by atoms with Gasteiger partial charge in [-0.25, -0.2) is 0 Å². The zero-order valence-electron chi connectivity index (χ0n) is 12.8. The number of hydrogen-bond donors (Lipinski definition) is 2. The molecule has 2 aliphatic rings. The molecule has 1 saturated carbocycles. The van der Waals surface area contributed by atoms with E-state index in [0.29, 0.717) is 11.5 Å². The Morgan fingerprint density at radius 2 is 1.85 bits per heavy atom. The molecule has 1 aromatic carbocycles. The van der Waals surface area contributed by atoms with Gasteiger partial charge < -0.3 is 0 Å². The summed E-state index contributed by atoms with van der Waals surface area (Å²) in [4.78, 5) is 0. The molecule has 0 amide bonds. The second kappa shape index (κ2) is 5.87. The van der Waals surface area contributed by atoms with E-state index < -0.39 is 0 Å². The van der Waals surface area contributed by atoms with Crippen LogP contribution in [0, 0.1) is 5.41 Å². The predicted octanol–water partition coefficient (Wildman–Crippen LogP) is 3.52. The Labute approximate surface area is 123 Å². The van der Waals surface area contributed by atoms with Gasteiger partial charge in [-0.15, -0.1) is 0 Å². The number of hydrazine groups is 1. The van der Waals surface area contributed by atoms with Crippen LogP contribution in [0.4, 0.5) is 0 Å². The second-order valence-corrected chi connectivity index (χ2v) is 7.09. The maximum Gasteiger partial charge on any atom is 0.0304 e. The number of rotatable bonds is 4. The van der Waals surface area contributed by atoms with Crippen LogP contribution >= 0.6 is 0 Å². The molecule has 1 unspecified atom stereocenters. The van der Waals surface area contributed by atoms with Crippen molar-refractivity contribution in [3.63, 3.8) is 0 Å². The fraction of sp³-hybridized carbons (Fsp3) is 0.667. The third-order valence-electron chi connectivity index (χ3n) is 5.64. The van der Waals surface area contributed by atoms with Gasteiger partial charge in [0.15, 0.2) is 0 Å². The lowest BCUT2D eigenvalue weighted by Crippen LogP contribution is -2.49. The number of fused-ring (bicyclic) bond motifs is 1. The van der Waals surface area contributed by atoms with Crippen molar-refractivity contribution in [1.82, 2.24) is 5.43 Å². The Hall–Kier alpha value is -0.860. The van der Waals surface area contributed by atoms with E-state index in [9.17, 15) is 0 Å². The highest BCUT2D eigenvalue weighted by Crippen LogP contribution is 2.39. The average molecular weight is 272 g/mol. The van der Waals surface area contributed by atoms with E-state index in [1.165, 1.54) is 56.9 Å². The molecule has 0 aromatic heterocycles. The smallest absolute Gasteiger partial charge is 0.0304 e. The van der Waals surface area contributed by atoms with E-state index >= 15 is 0 Å². The summed E-state index contributed by atoms with van der Waals surface area (Å²) in [6.07, 6.45) is 11.7. The number of hydrogen-bond acceptors (Lipinski definition) is 2. The van der Waals surface area contributed by atoms with E-state index in [1.807, 2.05) is 0 Å². The average Bonchev–Trinajstić information content (AvgIpc) is 2.93. The van der Waals surface area contributed by atoms with Gasteiger partial charge in [-0.2, -0.15) is 0 Å². The van der Waals surface area contributed by atoms with E-state index in [2.05, 4.69) is 30.5 Å². The monoisotopic (exact) mass is 272 g/mol. The molecule has 0 bridgehead atoms. The molecular formula is C18H28N2. The van der Waals surface area contributed by atoms with Crippen LogP contribution in [-0.4, -0.2) is 6.04 Å². The van der Waals surface area contributed by atoms with Crippen molar-refractivity contribution in [3.8, 4) is 0 Å². The molecule has 3 N–H and O–H groups in total. The minimum Gasteiger partial charge on any atom is -0.271 e. The topological polar surface area (TPSA) is 38.0 Å². The lowest BCUT2D eigenvalue weighted by Gasteiger charge is -2.40. The molecule has 1 atom stereocenters. The molecule has 0 spiro atoms. The van der Waals surface area contributed by atoms with Crippen molar-refractivity contribution in [2.24, 2.45) is 11.3 Å². The Morgan fingerprint density at radius 1 is 1.10 bits per heavy atom. The van der Waals surface area contributed by atoms with Crippen molar-refractivity contribution in [1.29, 1.82) is 0 Å². The van der Waals surface area contributed by atoms with Crippen molar-refractivity contribution in [2.45, 2.75) is 70.8 Å². The Morgan fingerprint density at radius 3 is 2.60 bits per heavy atom. The first-order chi connectivity index (χ1) is 9.71. The number of aryl methyl sites for hydroxylation is 2. The third-order valence-corrected chi connectivity index (χ3v) is 5.64. The van der Waals surface area contributed by atoms with Gasteiger partial charge in [0.2, 0.25) is 0 Å². The van der Waals surface area contributed by atoms with Crippen LogP contribution < -0.4 is 11.3 Å². The molecular weight excluding hydrogens is 244 g/mol. The highest BCUT2D eigenvalue weighted by Gasteiger charge is 2.34. The summed E-state index contributed by atoms with van der Waals surface area (Å²) in [7, 11) is 0. The molecule has 2 aliphatic carbocycles. The summed E-state index contributed by atoms with van der Waals surface area (Å²) in [5.74, 6) is 5.90. The summed E-state index contributed by atoms with van der Waals surface area (Å²) in [5.41, 5.74) is 8.09. The lowest BCUT2D eigenvalue weighted by molar-refractivity contribution is 0.144. The first-order valence-corrected chi connectivity index (χ1v) is 8.28. The molecule has 3 rings (SSSR count). The summed E-state index contributed by atoms with van der Waals surface area (Å²) in [5, 5.41) is 0. The Kier molecular flexibility index (Phi) is 4.13. The maximum absolute atomic E-state index is 5.90. The first-order valence-electron chi connectivity index (χ1n) is 8.28. The van der Waals surface area contributed by atoms with Crippen LogP contribution in [0.25, 0.3) is 0 Å². The molecule has 20 heavy (non-hydrogen) atoms. The van der Waals surface area contributed by atoms with Crippen LogP contribution in [0.15, 0.2) is 18.2 Å². The van der Waals surface area contributed by atoms with Gasteiger partial charge in [0, 0.05) is 6.04 Å². The van der Waals surface area contributed by atoms with Crippen LogP contribution in [0.2, 0.25) is 0 Å². The highest BCUT2D eigenvalue weighted by molar-refractivity contribution is 5.35. The molecule has 2 heteroatoms. The van der Waals surface area contributed by atoms with Gasteiger partial charge in [-0.3, -0.25) is 11.3 Å². The summed E-state index contributed by atoms with van der Waals surface area (Å²) < 4.78 is 0. The standard InChI is InChI=1S/C18H28N2/c1-18(10-3-2-4-11-18)17(20-19)13-14-8-9-15-6-5-7-16(15)12-14/h8-9,12,17,20H,2-7,10-11,13,19H2,1H3. The first kappa shape index (κ1) is 14.1. The lowest BCUT2D eigenvalue weighted by atomic mass is 9.69. The van der Waals surface area contributed by atoms with Gasteiger partial charge in [0.05, 0.1) is 0 Å². The Bertz CT molecular complexity index is 460. The van der Waals surface area contributed by atoms with Crippen molar-refractivity contribution in [3.05, 3.63) is 34.9 Å². The minimum absolute atomic E-state index is 0.367. The van der Waals surface area contributed by atoms with Gasteiger partial charge in [-0.05, 0) is 60.6 Å². The molecule has 0 saturated heterocycles. The predicted molar refractivity (Wildman–Crippen MR) is 84.5 cm³/mol. The highest BCUT2D eigenvalue weighted by atomic mass is 15.2. The number of nitrogens with two attached hydrogens (primary N) is 1. The van der Waals surface area contributed by atoms with E-state index in [-0.39, 0.29) is 0 Å². The van der Waals surface area contributed by atoms with Crippen LogP contribution in [0.5, 0.6) is 0 Å². The molecule has 0 radical (unpaired) electrons. The minimum atomic E-state index is 0.367. The number of nitrogens with one attached hydrogen (secondary N) is 1. The summed E-state index contributed by atoms with van der Waals surface area (Å²) in [6.45, 7) is 2.42. The van der Waals surface area contributed by atoms with Gasteiger partial charge in [0.25, 0.3) is 0 Å². The Balaban J connectivity index is 1.74. The summed E-state index contributed by atoms with van der Waals surface area (Å²) >= 11 is 0. The van der Waals surface area contributed by atoms with E-state index in [4.69, 9.17) is 5.84 Å². The SMILES string of the molecule is CC1(C(Cc2ccc3c(c2)CCC3)NN)CCCCC1. The molecule has 0 heterocycles. The molecule has 110 valence electrons. The van der Waals surface area contributed by atoms with Crippen molar-refractivity contribution >= 4 is 0 Å². The van der Waals surface area contributed by atoms with Crippen LogP contribution in [0.3, 0.4) is 0 Å². The van der Waals surface area contributed by atoms with Crippen LogP contribution in [-0.2, 0) is 19.3 Å². The molecule has 1 fully saturated rings. The van der Waals surface area contributed by atoms with Gasteiger partial charge in [0.1, 0.15) is 0 Å². The third kappa shape index (κ3) is 2.77. The fourth-order valence-corrected chi connectivity index (χ4v) is 4.20. The molecule has 2 nitrogen and oxygen atoms in total. The van der Waals surface area contributed by atoms with E-state index in [1.54, 1.807) is 11.1 Å². The van der Waals surface area contributed by atoms with E-state index in [0.717, 1.165) is 6.42 Å². The van der Waals surface area contributed by atoms with Gasteiger partial charge >= 0.3 is 0 Å². The second-order valence-electron chi connectivity index (χ2n) is 7.09. The molecule has 0 aliphatic heterocycles. The zero-order valence-corrected chi connectivity index (χ0v) is 12.8. The normalized spacial score (nSPS) is 22.5. The van der Waals surface area contributed by atoms with Crippen molar-refractivity contribution in [2.75, 3.05) is 0 Å². The largest absolute Gasteiger partial charge is 0.271 e. The summed E-state index contributed by atoms with van der Waals surface area (Å²) in [6, 6.07) is 7.50. The zero-order chi connectivity index (χ0) is 14.0. The number of benzene rings is 1. The fourth-order valence-electron chi connectivity index (χ4n) is 4.20. The van der Waals surface area contributed by atoms with Gasteiger partial charge in [-0.1, -0.05) is 44.4 Å². The molecule has 1 aromatic rings. The van der Waals surface area contributed by atoms with Crippen LogP contribution in [0.1, 0.15) is 62.1 Å². The van der Waals surface area contributed by atoms with Crippen molar-refractivity contribution < 1.29 is 0 Å². The quantitative estimate of drug-likeness (QED) is 0.650.